The molecule has 0 aliphatic rings. The van der Waals surface area contributed by atoms with Crippen molar-refractivity contribution in [1.82, 2.24) is 0 Å². The molecule has 0 spiro atoms. The van der Waals surface area contributed by atoms with Crippen LogP contribution in [0.3, 0.4) is 0 Å². The first-order chi connectivity index (χ1) is 6.68. The molecule has 0 rings (SSSR count). The Morgan fingerprint density at radius 2 is 2.07 bits per heavy atom. The molecule has 0 aromatic carbocycles. The van der Waals surface area contributed by atoms with Crippen LogP contribution in [-0.2, 0) is 34.1 Å². The van der Waals surface area contributed by atoms with E-state index in [1.807, 2.05) is 0 Å². The largest absolute Gasteiger partial charge is 0.277 e. The van der Waals surface area contributed by atoms with Crippen LogP contribution in [0.2, 0.25) is 0 Å². The van der Waals surface area contributed by atoms with E-state index in [1.54, 1.807) is 0 Å². The Bertz CT molecular complexity index is 307. The lowest BCUT2D eigenvalue weighted by atomic mass is 10.4. The third-order valence-corrected chi connectivity index (χ3v) is 3.10. The summed E-state index contributed by atoms with van der Waals surface area (Å²) in [5.41, 5.74) is 0. The molecule has 6 nitrogen and oxygen atoms in total. The average molecular weight is 260 g/mol. The summed E-state index contributed by atoms with van der Waals surface area (Å²) in [6.07, 6.45) is 1.50. The molecule has 0 aromatic heterocycles. The van der Waals surface area contributed by atoms with Crippen LogP contribution in [0.4, 0.5) is 0 Å². The van der Waals surface area contributed by atoms with Crippen molar-refractivity contribution >= 4 is 26.8 Å². The van der Waals surface area contributed by atoms with Crippen molar-refractivity contribution in [2.75, 3.05) is 18.6 Å². The van der Waals surface area contributed by atoms with Gasteiger partial charge in [0.2, 0.25) is 15.9 Å². The fourth-order valence-corrected chi connectivity index (χ4v) is 2.07. The van der Waals surface area contributed by atoms with Crippen LogP contribution in [0, 0.1) is 0 Å². The maximum Gasteiger partial charge on any atom is 0.212 e. The van der Waals surface area contributed by atoms with E-state index in [1.165, 1.54) is 20.1 Å². The van der Waals surface area contributed by atoms with E-state index in [0.717, 1.165) is 0 Å². The van der Waals surface area contributed by atoms with Crippen LogP contribution >= 0.6 is 0 Å². The van der Waals surface area contributed by atoms with E-state index in [-0.39, 0.29) is 12.4 Å². The summed E-state index contributed by atoms with van der Waals surface area (Å²) < 4.78 is 31.7. The van der Waals surface area contributed by atoms with Gasteiger partial charge in [0, 0.05) is 28.7 Å². The van der Waals surface area contributed by atoms with Crippen LogP contribution in [0.25, 0.3) is 0 Å². The van der Waals surface area contributed by atoms with Gasteiger partial charge in [0.15, 0.2) is 0 Å². The lowest BCUT2D eigenvalue weighted by molar-refractivity contribution is -0.367. The quantitative estimate of drug-likeness (QED) is 0.304. The molecule has 0 heterocycles. The Morgan fingerprint density at radius 3 is 2.47 bits per heavy atom. The second-order valence-electron chi connectivity index (χ2n) is 3.23. The molecular formula is C7H16O6S2. The topological polar surface area (TPSA) is 82.1 Å². The highest BCUT2D eigenvalue weighted by Crippen LogP contribution is 2.14. The van der Waals surface area contributed by atoms with Crippen molar-refractivity contribution in [3.63, 3.8) is 0 Å². The maximum absolute atomic E-state index is 11.5. The van der Waals surface area contributed by atoms with Crippen LogP contribution in [0.15, 0.2) is 0 Å². The molecule has 1 N–H and O–H groups in total. The zero-order chi connectivity index (χ0) is 12.1. The van der Waals surface area contributed by atoms with Gasteiger partial charge in [-0.25, -0.2) is 18.5 Å². The van der Waals surface area contributed by atoms with E-state index in [4.69, 9.17) is 13.6 Å². The Kier molecular flexibility index (Phi) is 5.93. The van der Waals surface area contributed by atoms with Crippen LogP contribution in [-0.4, -0.2) is 43.9 Å². The van der Waals surface area contributed by atoms with Crippen molar-refractivity contribution in [3.8, 4) is 0 Å². The van der Waals surface area contributed by atoms with E-state index < -0.39 is 26.7 Å². The fourth-order valence-electron chi connectivity index (χ4n) is 0.623. The molecule has 15 heavy (non-hydrogen) atoms. The fraction of sp³-hybridized carbons (Fsp3) is 0.857. The SMILES string of the molecule is C=S(=O)(OCCS(C)=O)OC(C)(C)OO. The minimum atomic E-state index is -3.27. The molecule has 0 saturated carbocycles. The smallest absolute Gasteiger partial charge is 0.212 e. The summed E-state index contributed by atoms with van der Waals surface area (Å²) in [5, 5.41) is 8.39. The Morgan fingerprint density at radius 1 is 1.53 bits per heavy atom. The van der Waals surface area contributed by atoms with Gasteiger partial charge in [0.1, 0.15) is 0 Å². The second-order valence-corrected chi connectivity index (χ2v) is 6.30. The predicted octanol–water partition coefficient (Wildman–Crippen LogP) is 0.170. The summed E-state index contributed by atoms with van der Waals surface area (Å²) in [6.45, 7) is 2.69. The van der Waals surface area contributed by atoms with E-state index in [9.17, 15) is 8.42 Å². The number of rotatable bonds is 7. The summed E-state index contributed by atoms with van der Waals surface area (Å²) >= 11 is 0. The van der Waals surface area contributed by atoms with Crippen LogP contribution < -0.4 is 0 Å². The first-order valence-corrected chi connectivity index (χ1v) is 7.34. The van der Waals surface area contributed by atoms with Gasteiger partial charge in [-0.1, -0.05) is 0 Å². The second kappa shape index (κ2) is 5.92. The molecule has 0 bridgehead atoms. The monoisotopic (exact) mass is 260 g/mol. The van der Waals surface area contributed by atoms with Gasteiger partial charge in [0.05, 0.1) is 6.61 Å². The van der Waals surface area contributed by atoms with Crippen molar-refractivity contribution < 1.29 is 26.9 Å². The zero-order valence-electron chi connectivity index (χ0n) is 8.93. The number of hydrogen-bond donors (Lipinski definition) is 1. The summed E-state index contributed by atoms with van der Waals surface area (Å²) in [4.78, 5) is 3.92. The molecule has 0 aromatic rings. The molecule has 0 aliphatic heterocycles. The Hall–Kier alpha value is 0.01000. The third-order valence-electron chi connectivity index (χ3n) is 1.18. The molecule has 92 valence electrons. The van der Waals surface area contributed by atoms with E-state index in [0.29, 0.717) is 0 Å². The standard InChI is InChI=1S/C7H16O6S2/c1-7(2,12-8)13-15(4,10)11-5-6-14(3)9/h8H,4-6H2,1-3H3. The summed E-state index contributed by atoms with van der Waals surface area (Å²) in [5.74, 6) is 1.96. The minimum Gasteiger partial charge on any atom is -0.277 e. The highest BCUT2D eigenvalue weighted by atomic mass is 32.2. The van der Waals surface area contributed by atoms with Crippen LogP contribution in [0.5, 0.6) is 0 Å². The van der Waals surface area contributed by atoms with Gasteiger partial charge in [-0.3, -0.25) is 8.39 Å². The molecule has 0 fully saturated rings. The lowest BCUT2D eigenvalue weighted by Gasteiger charge is -2.22. The van der Waals surface area contributed by atoms with Crippen molar-refractivity contribution in [2.45, 2.75) is 19.6 Å². The van der Waals surface area contributed by atoms with Gasteiger partial charge in [0.25, 0.3) is 0 Å². The van der Waals surface area contributed by atoms with E-state index in [2.05, 4.69) is 10.8 Å². The van der Waals surface area contributed by atoms with Crippen LogP contribution in [0.1, 0.15) is 13.8 Å². The molecule has 2 unspecified atom stereocenters. The molecule has 8 heteroatoms. The zero-order valence-corrected chi connectivity index (χ0v) is 10.6. The summed E-state index contributed by atoms with van der Waals surface area (Å²) in [6, 6.07) is 0. The van der Waals surface area contributed by atoms with Gasteiger partial charge < -0.3 is 0 Å². The van der Waals surface area contributed by atoms with Gasteiger partial charge in [-0.15, -0.1) is 0 Å². The Balaban J connectivity index is 4.15. The first kappa shape index (κ1) is 15.0. The van der Waals surface area contributed by atoms with Gasteiger partial charge in [-0.05, 0) is 13.8 Å². The minimum absolute atomic E-state index is 0.00699. The normalized spacial score (nSPS) is 18.4. The molecule has 0 radical (unpaired) electrons. The first-order valence-electron chi connectivity index (χ1n) is 4.03. The van der Waals surface area contributed by atoms with Crippen molar-refractivity contribution in [3.05, 3.63) is 0 Å². The number of hydrogen-bond acceptors (Lipinski definition) is 6. The highest BCUT2D eigenvalue weighted by molar-refractivity contribution is 7.91. The lowest BCUT2D eigenvalue weighted by Crippen LogP contribution is -2.31. The van der Waals surface area contributed by atoms with Crippen molar-refractivity contribution in [2.24, 2.45) is 0 Å². The molecule has 0 saturated heterocycles. The van der Waals surface area contributed by atoms with Crippen molar-refractivity contribution in [1.29, 1.82) is 0 Å². The summed E-state index contributed by atoms with van der Waals surface area (Å²) in [7, 11) is -4.31. The third kappa shape index (κ3) is 7.88. The average Bonchev–Trinajstić information content (AvgIpc) is 2.01. The molecule has 0 aliphatic carbocycles. The van der Waals surface area contributed by atoms with Gasteiger partial charge in [-0.2, -0.15) is 0 Å². The highest BCUT2D eigenvalue weighted by Gasteiger charge is 2.25. The van der Waals surface area contributed by atoms with E-state index >= 15 is 0 Å². The molecule has 0 amide bonds. The molecule has 2 atom stereocenters. The predicted molar refractivity (Wildman–Crippen MR) is 59.0 cm³/mol. The Labute approximate surface area is 92.3 Å². The van der Waals surface area contributed by atoms with Gasteiger partial charge >= 0.3 is 0 Å². The maximum atomic E-state index is 11.5. The molecular weight excluding hydrogens is 244 g/mol.